The highest BCUT2D eigenvalue weighted by molar-refractivity contribution is 6.13. The van der Waals surface area contributed by atoms with Crippen LogP contribution in [0, 0.1) is 10.8 Å². The lowest BCUT2D eigenvalue weighted by molar-refractivity contribution is -0.172. The van der Waals surface area contributed by atoms with Crippen molar-refractivity contribution in [1.29, 1.82) is 0 Å². The Labute approximate surface area is 262 Å². The van der Waals surface area contributed by atoms with Crippen LogP contribution in [0.5, 0.6) is 0 Å². The lowest BCUT2D eigenvalue weighted by Gasteiger charge is -2.16. The van der Waals surface area contributed by atoms with Crippen molar-refractivity contribution >= 4 is 34.7 Å². The SMILES string of the molecule is CC(C)(C)C(=O)CC(=O)C(F)(F)F.CC(C)(C)C(=O)CC(=O)c1ccccc1.O=C(CC(=O)c1ccccc1)c1ccccc1. The first-order chi connectivity index (χ1) is 20.7. The molecule has 0 aliphatic rings. The molecule has 0 N–H and O–H groups in total. The Hall–Kier alpha value is -4.53. The molecule has 0 bridgehead atoms. The van der Waals surface area contributed by atoms with Crippen LogP contribution in [0.2, 0.25) is 0 Å². The van der Waals surface area contributed by atoms with E-state index in [0.717, 1.165) is 0 Å². The van der Waals surface area contributed by atoms with Crippen LogP contribution in [-0.4, -0.2) is 40.9 Å². The van der Waals surface area contributed by atoms with Gasteiger partial charge in [-0.1, -0.05) is 133 Å². The summed E-state index contributed by atoms with van der Waals surface area (Å²) in [6.45, 7) is 9.89. The van der Waals surface area contributed by atoms with E-state index in [-0.39, 0.29) is 36.0 Å². The molecule has 9 heteroatoms. The summed E-state index contributed by atoms with van der Waals surface area (Å²) in [5, 5.41) is 0. The smallest absolute Gasteiger partial charge is 0.299 e. The summed E-state index contributed by atoms with van der Waals surface area (Å²) in [7, 11) is 0. The predicted octanol–water partition coefficient (Wildman–Crippen LogP) is 8.14. The van der Waals surface area contributed by atoms with Crippen LogP contribution in [-0.2, 0) is 14.4 Å². The highest BCUT2D eigenvalue weighted by atomic mass is 19.4. The summed E-state index contributed by atoms with van der Waals surface area (Å²) >= 11 is 0. The van der Waals surface area contributed by atoms with Gasteiger partial charge in [0.2, 0.25) is 5.78 Å². The molecule has 0 heterocycles. The Morgan fingerprint density at radius 2 is 0.689 bits per heavy atom. The number of hydrogen-bond acceptors (Lipinski definition) is 6. The lowest BCUT2D eigenvalue weighted by atomic mass is 9.87. The highest BCUT2D eigenvalue weighted by Gasteiger charge is 2.40. The molecule has 0 unspecified atom stereocenters. The normalized spacial score (nSPS) is 11.1. The van der Waals surface area contributed by atoms with Gasteiger partial charge in [0.1, 0.15) is 11.6 Å². The molecule has 0 aromatic heterocycles. The van der Waals surface area contributed by atoms with Crippen LogP contribution in [0.25, 0.3) is 0 Å². The van der Waals surface area contributed by atoms with Crippen LogP contribution in [0.1, 0.15) is 91.9 Å². The van der Waals surface area contributed by atoms with E-state index in [1.165, 1.54) is 20.8 Å². The van der Waals surface area contributed by atoms with Crippen molar-refractivity contribution in [2.45, 2.75) is 67.0 Å². The van der Waals surface area contributed by atoms with Crippen LogP contribution < -0.4 is 0 Å². The van der Waals surface area contributed by atoms with Crippen LogP contribution in [0.3, 0.4) is 0 Å². The summed E-state index contributed by atoms with van der Waals surface area (Å²) in [4.78, 5) is 68.3. The third kappa shape index (κ3) is 14.7. The number of alkyl halides is 3. The van der Waals surface area contributed by atoms with Gasteiger partial charge in [-0.2, -0.15) is 13.2 Å². The van der Waals surface area contributed by atoms with Crippen LogP contribution in [0.15, 0.2) is 91.0 Å². The molecule has 3 aromatic rings. The van der Waals surface area contributed by atoms with Gasteiger partial charge in [0.05, 0.1) is 19.3 Å². The molecule has 0 amide bonds. The van der Waals surface area contributed by atoms with Gasteiger partial charge in [-0.05, 0) is 0 Å². The largest absolute Gasteiger partial charge is 0.450 e. The second-order valence-corrected chi connectivity index (χ2v) is 12.2. The van der Waals surface area contributed by atoms with E-state index in [1.807, 2.05) is 39.0 Å². The summed E-state index contributed by atoms with van der Waals surface area (Å²) in [6.07, 6.45) is -6.05. The standard InChI is InChI=1S/C15H12O2.C13H16O2.C8H11F3O2/c16-14(12-7-3-1-4-8-12)11-15(17)13-9-5-2-6-10-13;1-13(2,3)12(15)9-11(14)10-7-5-4-6-8-10;1-7(2,3)5(12)4-6(13)8(9,10)11/h1-10H,11H2;4-8H,9H2,1-3H3;4H2,1-3H3. The number of carbonyl (C=O) groups excluding carboxylic acids is 6. The maximum absolute atomic E-state index is 11.8. The molecule has 0 saturated carbocycles. The number of benzene rings is 3. The molecule has 0 saturated heterocycles. The maximum atomic E-state index is 11.8. The molecular formula is C36H39F3O6. The molecule has 240 valence electrons. The number of carbonyl (C=O) groups is 6. The molecule has 6 nitrogen and oxygen atoms in total. The summed E-state index contributed by atoms with van der Waals surface area (Å²) in [5.41, 5.74) is 0.425. The summed E-state index contributed by atoms with van der Waals surface area (Å²) in [6, 6.07) is 26.7. The maximum Gasteiger partial charge on any atom is 0.450 e. The van der Waals surface area contributed by atoms with Gasteiger partial charge < -0.3 is 0 Å². The fourth-order valence-electron chi connectivity index (χ4n) is 3.25. The van der Waals surface area contributed by atoms with Gasteiger partial charge in [-0.25, -0.2) is 0 Å². The fourth-order valence-corrected chi connectivity index (χ4v) is 3.25. The van der Waals surface area contributed by atoms with Crippen LogP contribution >= 0.6 is 0 Å². The third-order valence-electron chi connectivity index (χ3n) is 6.24. The molecule has 0 fully saturated rings. The molecule has 0 aliphatic carbocycles. The zero-order chi connectivity index (χ0) is 34.4. The van der Waals surface area contributed by atoms with Crippen molar-refractivity contribution in [2.24, 2.45) is 10.8 Å². The molecule has 0 spiro atoms. The Bertz CT molecular complexity index is 1370. The van der Waals surface area contributed by atoms with E-state index >= 15 is 0 Å². The Kier molecular flexibility index (Phi) is 14.6. The first-order valence-electron chi connectivity index (χ1n) is 14.1. The second-order valence-electron chi connectivity index (χ2n) is 12.2. The summed E-state index contributed by atoms with van der Waals surface area (Å²) in [5.74, 6) is -3.08. The number of ketones is 6. The average molecular weight is 625 g/mol. The lowest BCUT2D eigenvalue weighted by Crippen LogP contribution is -2.30. The van der Waals surface area contributed by atoms with E-state index in [4.69, 9.17) is 0 Å². The first-order valence-corrected chi connectivity index (χ1v) is 14.1. The molecule has 3 rings (SSSR count). The Balaban J connectivity index is 0.000000342. The number of Topliss-reactive ketones (excluding diaryl/α,β-unsaturated/α-hetero) is 6. The van der Waals surface area contributed by atoms with Gasteiger partial charge in [0.15, 0.2) is 17.3 Å². The zero-order valence-electron chi connectivity index (χ0n) is 26.4. The van der Waals surface area contributed by atoms with Crippen molar-refractivity contribution in [3.63, 3.8) is 0 Å². The van der Waals surface area contributed by atoms with Gasteiger partial charge >= 0.3 is 6.18 Å². The van der Waals surface area contributed by atoms with Crippen molar-refractivity contribution in [3.05, 3.63) is 108 Å². The van der Waals surface area contributed by atoms with E-state index in [9.17, 15) is 41.9 Å². The molecule has 0 atom stereocenters. The van der Waals surface area contributed by atoms with Crippen LogP contribution in [0.4, 0.5) is 13.2 Å². The molecular weight excluding hydrogens is 585 g/mol. The molecule has 3 aromatic carbocycles. The third-order valence-corrected chi connectivity index (χ3v) is 6.24. The first kappa shape index (κ1) is 38.5. The minimum Gasteiger partial charge on any atom is -0.299 e. The molecule has 45 heavy (non-hydrogen) atoms. The Morgan fingerprint density at radius 3 is 0.956 bits per heavy atom. The van der Waals surface area contributed by atoms with Gasteiger partial charge in [0, 0.05) is 27.5 Å². The number of hydrogen-bond donors (Lipinski definition) is 0. The number of halogens is 3. The molecule has 0 radical (unpaired) electrons. The van der Waals surface area contributed by atoms with Crippen molar-refractivity contribution in [1.82, 2.24) is 0 Å². The van der Waals surface area contributed by atoms with Gasteiger partial charge in [0.25, 0.3) is 0 Å². The van der Waals surface area contributed by atoms with Crippen molar-refractivity contribution in [2.75, 3.05) is 0 Å². The van der Waals surface area contributed by atoms with E-state index < -0.39 is 35.0 Å². The average Bonchev–Trinajstić information content (AvgIpc) is 2.97. The van der Waals surface area contributed by atoms with Gasteiger partial charge in [-0.15, -0.1) is 0 Å². The predicted molar refractivity (Wildman–Crippen MR) is 166 cm³/mol. The van der Waals surface area contributed by atoms with Crippen molar-refractivity contribution in [3.8, 4) is 0 Å². The highest BCUT2D eigenvalue weighted by Crippen LogP contribution is 2.23. The van der Waals surface area contributed by atoms with E-state index in [0.29, 0.717) is 16.7 Å². The topological polar surface area (TPSA) is 102 Å². The van der Waals surface area contributed by atoms with Gasteiger partial charge in [-0.3, -0.25) is 28.8 Å². The molecule has 0 aliphatic heterocycles. The quantitative estimate of drug-likeness (QED) is 0.176. The zero-order valence-corrected chi connectivity index (χ0v) is 26.4. The van der Waals surface area contributed by atoms with Crippen molar-refractivity contribution < 1.29 is 41.9 Å². The monoisotopic (exact) mass is 624 g/mol. The fraction of sp³-hybridized carbons (Fsp3) is 0.333. The second kappa shape index (κ2) is 17.1. The minimum atomic E-state index is -4.90. The summed E-state index contributed by atoms with van der Waals surface area (Å²) < 4.78 is 35.1. The number of rotatable bonds is 9. The minimum absolute atomic E-state index is 0.00644. The Morgan fingerprint density at radius 1 is 0.422 bits per heavy atom. The van der Waals surface area contributed by atoms with E-state index in [1.54, 1.807) is 72.8 Å². The van der Waals surface area contributed by atoms with E-state index in [2.05, 4.69) is 0 Å².